The predicted molar refractivity (Wildman–Crippen MR) is 123 cm³/mol. The smallest absolute Gasteiger partial charge is 0.313 e. The Kier molecular flexibility index (Phi) is 9.88. The molecule has 17 heteroatoms. The Labute approximate surface area is 232 Å². The number of carbonyl (C=O) groups is 7. The molecule has 3 fully saturated rings. The summed E-state index contributed by atoms with van der Waals surface area (Å²) in [6.45, 7) is 3.49. The maximum atomic E-state index is 12.6. The van der Waals surface area contributed by atoms with E-state index >= 15 is 0 Å². The lowest BCUT2D eigenvalue weighted by molar-refractivity contribution is -0.330. The van der Waals surface area contributed by atoms with Crippen LogP contribution >= 0.6 is 0 Å². The molecule has 2 aliphatic heterocycles. The molecule has 0 aromatic rings. The molecule has 1 saturated carbocycles. The number of aliphatic hydroxyl groups excluding tert-OH is 1. The van der Waals surface area contributed by atoms with Crippen LogP contribution in [-0.2, 0) is 71.5 Å². The minimum Gasteiger partial charge on any atom is -0.481 e. The molecule has 0 amide bonds. The van der Waals surface area contributed by atoms with Gasteiger partial charge in [0, 0.05) is 27.7 Å². The average Bonchev–Trinajstić information content (AvgIpc) is 3.15. The lowest BCUT2D eigenvalue weighted by atomic mass is 9.69. The zero-order valence-electron chi connectivity index (χ0n) is 22.6. The molecule has 11 atom stereocenters. The van der Waals surface area contributed by atoms with Gasteiger partial charge in [0.1, 0.15) is 36.9 Å². The normalized spacial score (nSPS) is 35.9. The third-order valence-corrected chi connectivity index (χ3v) is 6.68. The number of methoxy groups -OCH3 is 1. The van der Waals surface area contributed by atoms with Gasteiger partial charge in [-0.3, -0.25) is 33.6 Å². The van der Waals surface area contributed by atoms with Gasteiger partial charge in [-0.2, -0.15) is 0 Å². The van der Waals surface area contributed by atoms with Crippen LogP contribution in [0.1, 0.15) is 27.7 Å². The lowest BCUT2D eigenvalue weighted by Crippen LogP contribution is -2.65. The highest BCUT2D eigenvalue weighted by molar-refractivity contribution is 5.91. The van der Waals surface area contributed by atoms with Crippen molar-refractivity contribution in [3.8, 4) is 0 Å². The van der Waals surface area contributed by atoms with Gasteiger partial charge in [-0.1, -0.05) is 0 Å². The van der Waals surface area contributed by atoms with E-state index in [4.69, 9.17) is 33.2 Å². The van der Waals surface area contributed by atoms with E-state index in [1.54, 1.807) is 0 Å². The summed E-state index contributed by atoms with van der Waals surface area (Å²) in [6.07, 6.45) is -13.5. The Morgan fingerprint density at radius 1 is 0.805 bits per heavy atom. The molecule has 0 unspecified atom stereocenters. The fourth-order valence-corrected chi connectivity index (χ4v) is 5.22. The zero-order valence-corrected chi connectivity index (χ0v) is 22.6. The van der Waals surface area contributed by atoms with E-state index in [2.05, 4.69) is 4.74 Å². The predicted octanol–water partition coefficient (Wildman–Crippen LogP) is -2.14. The van der Waals surface area contributed by atoms with Gasteiger partial charge in [0.05, 0.1) is 18.9 Å². The van der Waals surface area contributed by atoms with E-state index < -0.39 is 115 Å². The molecule has 3 rings (SSSR count). The van der Waals surface area contributed by atoms with Crippen molar-refractivity contribution >= 4 is 41.8 Å². The average molecular weight is 590 g/mol. The van der Waals surface area contributed by atoms with Gasteiger partial charge >= 0.3 is 41.8 Å². The minimum atomic E-state index is -1.94. The summed E-state index contributed by atoms with van der Waals surface area (Å²) in [6, 6.07) is 0. The standard InChI is InChI=1S/C24H30O17/c1-7(25)35-6-11-16(36-8(2)26)19(37-9(3)27)20(38-10(4)28)24(39-11)41-17-13(21(30)31)12-14(22(32)34-5)18(15(17)29)40-23(12)33/h11-20,24,29H,6H2,1-5H3,(H,30,31)/t11-,12+,13-,14-,15+,16-,17+,18+,19+,20-,24+/m0/s1. The highest BCUT2D eigenvalue weighted by Crippen LogP contribution is 2.46. The van der Waals surface area contributed by atoms with E-state index in [-0.39, 0.29) is 0 Å². The fourth-order valence-electron chi connectivity index (χ4n) is 5.22. The summed E-state index contributed by atoms with van der Waals surface area (Å²) in [5.41, 5.74) is 0. The largest absolute Gasteiger partial charge is 0.481 e. The molecule has 0 aromatic carbocycles. The van der Waals surface area contributed by atoms with E-state index in [0.717, 1.165) is 34.8 Å². The topological polar surface area (TPSA) is 234 Å². The maximum absolute atomic E-state index is 12.6. The quantitative estimate of drug-likeness (QED) is 0.215. The number of rotatable bonds is 9. The Balaban J connectivity index is 2.06. The molecule has 2 N–H and O–H groups in total. The van der Waals surface area contributed by atoms with Crippen LogP contribution in [0.4, 0.5) is 0 Å². The van der Waals surface area contributed by atoms with Gasteiger partial charge in [0.2, 0.25) is 0 Å². The summed E-state index contributed by atoms with van der Waals surface area (Å²) in [4.78, 5) is 84.8. The number of fused-ring (bicyclic) bond motifs is 2. The molecule has 0 aromatic heterocycles. The zero-order chi connectivity index (χ0) is 30.8. The highest BCUT2D eigenvalue weighted by atomic mass is 16.7. The van der Waals surface area contributed by atoms with Crippen LogP contribution in [0.5, 0.6) is 0 Å². The van der Waals surface area contributed by atoms with Gasteiger partial charge in [0.25, 0.3) is 0 Å². The van der Waals surface area contributed by atoms with Crippen molar-refractivity contribution in [1.29, 1.82) is 0 Å². The van der Waals surface area contributed by atoms with E-state index in [1.165, 1.54) is 0 Å². The first-order valence-electron chi connectivity index (χ1n) is 12.3. The first-order chi connectivity index (χ1) is 19.2. The van der Waals surface area contributed by atoms with Crippen LogP contribution in [0.2, 0.25) is 0 Å². The molecule has 1 aliphatic carbocycles. The number of carboxylic acids is 1. The molecule has 17 nitrogen and oxygen atoms in total. The van der Waals surface area contributed by atoms with E-state index in [0.29, 0.717) is 0 Å². The fraction of sp³-hybridized carbons (Fsp3) is 0.708. The first-order valence-corrected chi connectivity index (χ1v) is 12.3. The van der Waals surface area contributed by atoms with Crippen LogP contribution in [-0.4, -0.2) is 115 Å². The van der Waals surface area contributed by atoms with Crippen LogP contribution in [0, 0.1) is 17.8 Å². The SMILES string of the molecule is COC(=O)[C@@H]1[C@H]2OC(=O)[C@@H]1[C@H](C(=O)O)[C@@H](O[C@H]1O[C@@H](COC(C)=O)[C@H](OC(C)=O)[C@@H](OC(C)=O)[C@@H]1OC(C)=O)[C@H]2O. The Morgan fingerprint density at radius 2 is 1.37 bits per heavy atom. The molecule has 2 heterocycles. The van der Waals surface area contributed by atoms with Crippen molar-refractivity contribution < 1.29 is 81.7 Å². The molecule has 228 valence electrons. The number of ether oxygens (including phenoxy) is 8. The molecule has 0 spiro atoms. The van der Waals surface area contributed by atoms with Crippen molar-refractivity contribution in [1.82, 2.24) is 0 Å². The van der Waals surface area contributed by atoms with Crippen molar-refractivity contribution in [3.05, 3.63) is 0 Å². The number of carbonyl (C=O) groups excluding carboxylic acids is 6. The highest BCUT2D eigenvalue weighted by Gasteiger charge is 2.66. The monoisotopic (exact) mass is 590 g/mol. The van der Waals surface area contributed by atoms with E-state index in [1.807, 2.05) is 0 Å². The molecule has 3 aliphatic rings. The maximum Gasteiger partial charge on any atom is 0.313 e. The van der Waals surface area contributed by atoms with Gasteiger partial charge in [-0.05, 0) is 0 Å². The molecule has 0 radical (unpaired) electrons. The summed E-state index contributed by atoms with van der Waals surface area (Å²) < 4.78 is 42.2. The number of esters is 6. The van der Waals surface area contributed by atoms with Crippen molar-refractivity contribution in [2.24, 2.45) is 17.8 Å². The van der Waals surface area contributed by atoms with Crippen LogP contribution < -0.4 is 0 Å². The van der Waals surface area contributed by atoms with Gasteiger partial charge in [-0.15, -0.1) is 0 Å². The Hall–Kier alpha value is -3.83. The minimum absolute atomic E-state index is 0.593. The number of hydrogen-bond acceptors (Lipinski definition) is 16. The lowest BCUT2D eigenvalue weighted by Gasteiger charge is -2.46. The van der Waals surface area contributed by atoms with Gasteiger partial charge in [0.15, 0.2) is 24.6 Å². The molecule has 2 saturated heterocycles. The van der Waals surface area contributed by atoms with Crippen molar-refractivity contribution in [3.63, 3.8) is 0 Å². The molecular weight excluding hydrogens is 560 g/mol. The summed E-state index contributed by atoms with van der Waals surface area (Å²) in [5.74, 6) is -12.3. The third kappa shape index (κ3) is 6.74. The second kappa shape index (κ2) is 12.8. The van der Waals surface area contributed by atoms with Crippen LogP contribution in [0.25, 0.3) is 0 Å². The van der Waals surface area contributed by atoms with Crippen molar-refractivity contribution in [2.45, 2.75) is 76.7 Å². The number of aliphatic carboxylic acids is 1. The van der Waals surface area contributed by atoms with E-state index in [9.17, 15) is 43.8 Å². The number of hydrogen-bond donors (Lipinski definition) is 2. The molecule has 41 heavy (non-hydrogen) atoms. The van der Waals surface area contributed by atoms with Gasteiger partial charge < -0.3 is 48.1 Å². The number of aliphatic hydroxyl groups is 1. The number of carboxylic acid groups (broad SMARTS) is 1. The molecule has 2 bridgehead atoms. The second-order valence-electron chi connectivity index (χ2n) is 9.50. The Bertz CT molecular complexity index is 1090. The van der Waals surface area contributed by atoms with Crippen LogP contribution in [0.3, 0.4) is 0 Å². The van der Waals surface area contributed by atoms with Crippen LogP contribution in [0.15, 0.2) is 0 Å². The first kappa shape index (κ1) is 31.7. The van der Waals surface area contributed by atoms with Crippen molar-refractivity contribution in [2.75, 3.05) is 13.7 Å². The molecular formula is C24H30O17. The summed E-state index contributed by atoms with van der Waals surface area (Å²) in [7, 11) is 1.01. The second-order valence-corrected chi connectivity index (χ2v) is 9.50. The summed E-state index contributed by atoms with van der Waals surface area (Å²) >= 11 is 0. The van der Waals surface area contributed by atoms with Gasteiger partial charge in [-0.25, -0.2) is 0 Å². The third-order valence-electron chi connectivity index (χ3n) is 6.68. The summed E-state index contributed by atoms with van der Waals surface area (Å²) in [5, 5.41) is 21.1. The Morgan fingerprint density at radius 3 is 1.88 bits per heavy atom.